The Morgan fingerprint density at radius 1 is 1.07 bits per heavy atom. The molecule has 0 radical (unpaired) electrons. The Balaban J connectivity index is 1.35. The number of anilines is 2. The number of hydrogen-bond donors (Lipinski definition) is 2. The van der Waals surface area contributed by atoms with Crippen LogP contribution in [0, 0.1) is 5.82 Å². The lowest BCUT2D eigenvalue weighted by Crippen LogP contribution is -2.47. The van der Waals surface area contributed by atoms with Crippen LogP contribution in [0.2, 0.25) is 0 Å². The zero-order valence-corrected chi connectivity index (χ0v) is 16.7. The normalized spacial score (nSPS) is 16.3. The van der Waals surface area contributed by atoms with E-state index in [2.05, 4.69) is 15.2 Å². The first-order valence-electron chi connectivity index (χ1n) is 10.1. The summed E-state index contributed by atoms with van der Waals surface area (Å²) in [5, 5.41) is 14.1. The number of rotatable bonds is 6. The maximum atomic E-state index is 13.4. The number of hydrogen-bond acceptors (Lipinski definition) is 5. The molecule has 0 unspecified atom stereocenters. The van der Waals surface area contributed by atoms with Gasteiger partial charge in [0.15, 0.2) is 0 Å². The van der Waals surface area contributed by atoms with Crippen molar-refractivity contribution in [1.82, 2.24) is 14.5 Å². The molecular formula is C23H25FN4O2. The molecule has 0 spiro atoms. The van der Waals surface area contributed by atoms with Crippen LogP contribution < -0.4 is 10.9 Å². The molecule has 156 valence electrons. The maximum Gasteiger partial charge on any atom is 0.255 e. The van der Waals surface area contributed by atoms with Gasteiger partial charge in [0.2, 0.25) is 0 Å². The third-order valence-corrected chi connectivity index (χ3v) is 5.47. The topological polar surface area (TPSA) is 70.4 Å². The number of piperidine rings is 1. The van der Waals surface area contributed by atoms with Crippen LogP contribution in [0.25, 0.3) is 0 Å². The van der Waals surface area contributed by atoms with Gasteiger partial charge in [0.05, 0.1) is 18.5 Å². The second-order valence-corrected chi connectivity index (χ2v) is 7.86. The average molecular weight is 408 g/mol. The van der Waals surface area contributed by atoms with Crippen molar-refractivity contribution in [3.63, 3.8) is 0 Å². The molecule has 2 aromatic carbocycles. The minimum absolute atomic E-state index is 0.207. The Morgan fingerprint density at radius 3 is 2.53 bits per heavy atom. The van der Waals surface area contributed by atoms with E-state index in [-0.39, 0.29) is 17.9 Å². The van der Waals surface area contributed by atoms with Gasteiger partial charge < -0.3 is 10.4 Å². The molecule has 1 fully saturated rings. The zero-order valence-electron chi connectivity index (χ0n) is 16.7. The van der Waals surface area contributed by atoms with Gasteiger partial charge in [0.1, 0.15) is 11.6 Å². The summed E-state index contributed by atoms with van der Waals surface area (Å²) in [5.74, 6) is 0.234. The predicted molar refractivity (Wildman–Crippen MR) is 114 cm³/mol. The van der Waals surface area contributed by atoms with Crippen molar-refractivity contribution in [3.05, 3.63) is 88.7 Å². The van der Waals surface area contributed by atoms with E-state index < -0.39 is 5.60 Å². The van der Waals surface area contributed by atoms with E-state index in [4.69, 9.17) is 0 Å². The third kappa shape index (κ3) is 5.11. The molecule has 0 amide bonds. The van der Waals surface area contributed by atoms with Gasteiger partial charge in [0, 0.05) is 31.4 Å². The van der Waals surface area contributed by atoms with Gasteiger partial charge >= 0.3 is 0 Å². The van der Waals surface area contributed by atoms with E-state index in [9.17, 15) is 14.3 Å². The zero-order chi connectivity index (χ0) is 21.0. The summed E-state index contributed by atoms with van der Waals surface area (Å²) in [6.07, 6.45) is 2.56. The third-order valence-electron chi connectivity index (χ3n) is 5.47. The number of benzene rings is 2. The lowest BCUT2D eigenvalue weighted by molar-refractivity contribution is -0.0366. The molecule has 6 nitrogen and oxygen atoms in total. The van der Waals surface area contributed by atoms with E-state index >= 15 is 0 Å². The van der Waals surface area contributed by atoms with Crippen LogP contribution in [0.3, 0.4) is 0 Å². The lowest BCUT2D eigenvalue weighted by atomic mass is 9.91. The van der Waals surface area contributed by atoms with Crippen LogP contribution in [0.4, 0.5) is 15.9 Å². The molecule has 3 aromatic rings. The number of aromatic nitrogens is 2. The standard InChI is InChI=1S/C23H25FN4O2/c24-19-6-4-5-18(13-19)15-27-11-9-23(30,10-12-27)16-28-17-25-21(14-22(28)29)26-20-7-2-1-3-8-20/h1-8,13-14,17,26,30H,9-12,15-16H2. The second-order valence-electron chi connectivity index (χ2n) is 7.86. The van der Waals surface area contributed by atoms with Gasteiger partial charge in [-0.1, -0.05) is 30.3 Å². The van der Waals surface area contributed by atoms with Crippen molar-refractivity contribution in [3.8, 4) is 0 Å². The van der Waals surface area contributed by atoms with E-state index in [1.807, 2.05) is 36.4 Å². The van der Waals surface area contributed by atoms with Crippen molar-refractivity contribution in [2.75, 3.05) is 18.4 Å². The molecule has 1 saturated heterocycles. The molecule has 30 heavy (non-hydrogen) atoms. The highest BCUT2D eigenvalue weighted by atomic mass is 19.1. The minimum atomic E-state index is -0.960. The summed E-state index contributed by atoms with van der Waals surface area (Å²) in [6, 6.07) is 17.5. The van der Waals surface area contributed by atoms with E-state index in [0.29, 0.717) is 38.3 Å². The van der Waals surface area contributed by atoms with Crippen LogP contribution in [0.15, 0.2) is 71.8 Å². The van der Waals surface area contributed by atoms with Gasteiger partial charge in [-0.3, -0.25) is 14.3 Å². The smallest absolute Gasteiger partial charge is 0.255 e. The van der Waals surface area contributed by atoms with Crippen LogP contribution in [0.5, 0.6) is 0 Å². The number of nitrogens with one attached hydrogen (secondary N) is 1. The first-order chi connectivity index (χ1) is 14.5. The molecule has 0 atom stereocenters. The Bertz CT molecular complexity index is 1050. The molecule has 0 saturated carbocycles. The molecular weight excluding hydrogens is 383 g/mol. The van der Waals surface area contributed by atoms with Crippen molar-refractivity contribution >= 4 is 11.5 Å². The van der Waals surface area contributed by atoms with Crippen LogP contribution in [-0.4, -0.2) is 38.2 Å². The summed E-state index contributed by atoms with van der Waals surface area (Å²) >= 11 is 0. The van der Waals surface area contributed by atoms with Crippen LogP contribution in [0.1, 0.15) is 18.4 Å². The molecule has 1 aliphatic heterocycles. The fourth-order valence-electron chi connectivity index (χ4n) is 3.78. The largest absolute Gasteiger partial charge is 0.388 e. The van der Waals surface area contributed by atoms with E-state index in [1.165, 1.54) is 29.1 Å². The van der Waals surface area contributed by atoms with Crippen molar-refractivity contribution in [2.45, 2.75) is 31.5 Å². The molecule has 2 heterocycles. The van der Waals surface area contributed by atoms with Crippen LogP contribution >= 0.6 is 0 Å². The molecule has 1 aromatic heterocycles. The van der Waals surface area contributed by atoms with E-state index in [1.54, 1.807) is 6.07 Å². The Hall–Kier alpha value is -3.03. The monoisotopic (exact) mass is 408 g/mol. The van der Waals surface area contributed by atoms with E-state index in [0.717, 1.165) is 11.3 Å². The lowest BCUT2D eigenvalue weighted by Gasteiger charge is -2.38. The van der Waals surface area contributed by atoms with Crippen molar-refractivity contribution in [2.24, 2.45) is 0 Å². The first-order valence-corrected chi connectivity index (χ1v) is 10.1. The number of nitrogens with zero attached hydrogens (tertiary/aromatic N) is 3. The Morgan fingerprint density at radius 2 is 1.83 bits per heavy atom. The van der Waals surface area contributed by atoms with Crippen LogP contribution in [-0.2, 0) is 13.1 Å². The highest BCUT2D eigenvalue weighted by Gasteiger charge is 2.33. The fraction of sp³-hybridized carbons (Fsp3) is 0.304. The average Bonchev–Trinajstić information content (AvgIpc) is 2.73. The highest BCUT2D eigenvalue weighted by Crippen LogP contribution is 2.25. The van der Waals surface area contributed by atoms with Gasteiger partial charge in [0.25, 0.3) is 5.56 Å². The fourth-order valence-corrected chi connectivity index (χ4v) is 3.78. The van der Waals surface area contributed by atoms with Gasteiger partial charge in [-0.2, -0.15) is 0 Å². The SMILES string of the molecule is O=c1cc(Nc2ccccc2)ncn1CC1(O)CCN(Cc2cccc(F)c2)CC1. The number of likely N-dealkylation sites (tertiary alicyclic amines) is 1. The van der Waals surface area contributed by atoms with Gasteiger partial charge in [-0.25, -0.2) is 9.37 Å². The van der Waals surface area contributed by atoms with Gasteiger partial charge in [-0.15, -0.1) is 0 Å². The molecule has 7 heteroatoms. The maximum absolute atomic E-state index is 13.4. The second kappa shape index (κ2) is 8.77. The number of para-hydroxylation sites is 1. The summed E-state index contributed by atoms with van der Waals surface area (Å²) in [7, 11) is 0. The highest BCUT2D eigenvalue weighted by molar-refractivity contribution is 5.54. The van der Waals surface area contributed by atoms with Gasteiger partial charge in [-0.05, 0) is 42.7 Å². The summed E-state index contributed by atoms with van der Waals surface area (Å²) < 4.78 is 14.8. The predicted octanol–water partition coefficient (Wildman–Crippen LogP) is 3.15. The number of halogens is 1. The summed E-state index contributed by atoms with van der Waals surface area (Å²) in [6.45, 7) is 2.22. The minimum Gasteiger partial charge on any atom is -0.388 e. The summed E-state index contributed by atoms with van der Waals surface area (Å²) in [4.78, 5) is 19.0. The summed E-state index contributed by atoms with van der Waals surface area (Å²) in [5.41, 5.74) is 0.603. The molecule has 0 bridgehead atoms. The molecule has 4 rings (SSSR count). The number of aliphatic hydroxyl groups is 1. The first kappa shape index (κ1) is 20.3. The quantitative estimate of drug-likeness (QED) is 0.656. The van der Waals surface area contributed by atoms with Crippen molar-refractivity contribution in [1.29, 1.82) is 0 Å². The Labute approximate surface area is 174 Å². The van der Waals surface area contributed by atoms with Crippen molar-refractivity contribution < 1.29 is 9.50 Å². The molecule has 2 N–H and O–H groups in total. The molecule has 0 aliphatic carbocycles. The molecule has 1 aliphatic rings. The Kier molecular flexibility index (Phi) is 5.92.